The Hall–Kier alpha value is -2.04. The molecule has 5 heteroatoms. The predicted octanol–water partition coefficient (Wildman–Crippen LogP) is 1.46. The van der Waals surface area contributed by atoms with E-state index in [1.807, 2.05) is 0 Å². The zero-order chi connectivity index (χ0) is 13.2. The van der Waals surface area contributed by atoms with Crippen LogP contribution < -0.4 is 5.73 Å². The van der Waals surface area contributed by atoms with Crippen LogP contribution in [0.15, 0.2) is 6.07 Å². The molecule has 0 bridgehead atoms. The van der Waals surface area contributed by atoms with Gasteiger partial charge in [-0.25, -0.2) is 9.59 Å². The summed E-state index contributed by atoms with van der Waals surface area (Å²) in [4.78, 5) is 23.2. The Morgan fingerprint density at radius 1 is 1.12 bits per heavy atom. The lowest BCUT2D eigenvalue weighted by molar-refractivity contribution is 0.0556. The molecule has 1 rings (SSSR count). The van der Waals surface area contributed by atoms with E-state index in [4.69, 9.17) is 5.73 Å². The van der Waals surface area contributed by atoms with Crippen LogP contribution in [0.3, 0.4) is 0 Å². The van der Waals surface area contributed by atoms with Crippen LogP contribution in [0.4, 0.5) is 5.69 Å². The van der Waals surface area contributed by atoms with E-state index >= 15 is 0 Å². The van der Waals surface area contributed by atoms with Gasteiger partial charge >= 0.3 is 11.9 Å². The Labute approximate surface area is 99.5 Å². The molecule has 0 fully saturated rings. The summed E-state index contributed by atoms with van der Waals surface area (Å²) in [6.07, 6.45) is 0. The quantitative estimate of drug-likeness (QED) is 0.622. The molecule has 0 saturated carbocycles. The second kappa shape index (κ2) is 4.86. The van der Waals surface area contributed by atoms with E-state index < -0.39 is 11.9 Å². The van der Waals surface area contributed by atoms with Gasteiger partial charge in [0, 0.05) is 0 Å². The number of aryl methyl sites for hydroxylation is 1. The van der Waals surface area contributed by atoms with Crippen molar-refractivity contribution in [1.82, 2.24) is 0 Å². The number of nitrogens with two attached hydrogens (primary N) is 1. The van der Waals surface area contributed by atoms with Crippen LogP contribution >= 0.6 is 0 Å². The lowest BCUT2D eigenvalue weighted by Crippen LogP contribution is -2.16. The summed E-state index contributed by atoms with van der Waals surface area (Å²) in [5, 5.41) is 0. The third-order valence-corrected chi connectivity index (χ3v) is 2.69. The summed E-state index contributed by atoms with van der Waals surface area (Å²) in [6.45, 7) is 3.58. The number of nitrogen functional groups attached to an aromatic ring is 1. The first-order chi connectivity index (χ1) is 7.93. The average molecular weight is 237 g/mol. The minimum atomic E-state index is -0.647. The van der Waals surface area contributed by atoms with Crippen LogP contribution in [0.1, 0.15) is 31.8 Å². The van der Waals surface area contributed by atoms with Crippen molar-refractivity contribution in [2.75, 3.05) is 20.0 Å². The number of ether oxygens (including phenoxy) is 2. The van der Waals surface area contributed by atoms with E-state index in [0.717, 1.165) is 11.1 Å². The highest BCUT2D eigenvalue weighted by atomic mass is 16.5. The van der Waals surface area contributed by atoms with Crippen LogP contribution in [0.2, 0.25) is 0 Å². The third-order valence-electron chi connectivity index (χ3n) is 2.69. The van der Waals surface area contributed by atoms with Gasteiger partial charge in [0.2, 0.25) is 0 Å². The zero-order valence-electron chi connectivity index (χ0n) is 10.3. The standard InChI is InChI=1S/C12H15NO4/c1-6-5-8(11(14)16-3)9(12(15)17-4)10(13)7(6)2/h5H,13H2,1-4H3. The summed E-state index contributed by atoms with van der Waals surface area (Å²) in [7, 11) is 2.48. The van der Waals surface area contributed by atoms with Crippen molar-refractivity contribution in [1.29, 1.82) is 0 Å². The molecule has 0 aliphatic carbocycles. The topological polar surface area (TPSA) is 78.6 Å². The minimum Gasteiger partial charge on any atom is -0.465 e. The molecule has 5 nitrogen and oxygen atoms in total. The van der Waals surface area contributed by atoms with Crippen molar-refractivity contribution < 1.29 is 19.1 Å². The Morgan fingerprint density at radius 2 is 1.65 bits per heavy atom. The molecule has 0 amide bonds. The monoisotopic (exact) mass is 237 g/mol. The van der Waals surface area contributed by atoms with Gasteiger partial charge in [-0.2, -0.15) is 0 Å². The van der Waals surface area contributed by atoms with Crippen molar-refractivity contribution in [3.8, 4) is 0 Å². The smallest absolute Gasteiger partial charge is 0.340 e. The van der Waals surface area contributed by atoms with Crippen LogP contribution in [0.5, 0.6) is 0 Å². The Morgan fingerprint density at radius 3 is 2.12 bits per heavy atom. The number of hydrogen-bond acceptors (Lipinski definition) is 5. The number of esters is 2. The Kier molecular flexibility index (Phi) is 3.73. The van der Waals surface area contributed by atoms with Crippen LogP contribution in [-0.4, -0.2) is 26.2 Å². The summed E-state index contributed by atoms with van der Waals surface area (Å²) >= 11 is 0. The fraction of sp³-hybridized carbons (Fsp3) is 0.333. The molecular weight excluding hydrogens is 222 g/mol. The van der Waals surface area contributed by atoms with E-state index in [0.29, 0.717) is 0 Å². The second-order valence-corrected chi connectivity index (χ2v) is 3.64. The molecule has 0 aliphatic rings. The third kappa shape index (κ3) is 2.22. The number of carbonyl (C=O) groups is 2. The van der Waals surface area contributed by atoms with Crippen LogP contribution in [-0.2, 0) is 9.47 Å². The number of carbonyl (C=O) groups excluding carboxylic acids is 2. The molecule has 0 atom stereocenters. The number of methoxy groups -OCH3 is 2. The summed E-state index contributed by atoms with van der Waals surface area (Å²) < 4.78 is 9.24. The van der Waals surface area contributed by atoms with E-state index in [2.05, 4.69) is 9.47 Å². The van der Waals surface area contributed by atoms with Gasteiger partial charge < -0.3 is 15.2 Å². The van der Waals surface area contributed by atoms with Crippen molar-refractivity contribution in [3.63, 3.8) is 0 Å². The molecule has 0 aromatic heterocycles. The summed E-state index contributed by atoms with van der Waals surface area (Å²) in [5.74, 6) is -1.26. The average Bonchev–Trinajstić information content (AvgIpc) is 2.33. The fourth-order valence-electron chi connectivity index (χ4n) is 1.53. The van der Waals surface area contributed by atoms with E-state index in [1.165, 1.54) is 14.2 Å². The Bertz CT molecular complexity index is 480. The van der Waals surface area contributed by atoms with Crippen LogP contribution in [0.25, 0.3) is 0 Å². The summed E-state index contributed by atoms with van der Waals surface area (Å²) in [6, 6.07) is 1.57. The number of hydrogen-bond donors (Lipinski definition) is 1. The van der Waals surface area contributed by atoms with Crippen molar-refractivity contribution in [2.24, 2.45) is 0 Å². The first-order valence-corrected chi connectivity index (χ1v) is 5.00. The van der Waals surface area contributed by atoms with Gasteiger partial charge in [0.25, 0.3) is 0 Å². The highest BCUT2D eigenvalue weighted by Crippen LogP contribution is 2.26. The molecule has 0 heterocycles. The maximum Gasteiger partial charge on any atom is 0.340 e. The molecule has 92 valence electrons. The molecule has 1 aromatic rings. The lowest BCUT2D eigenvalue weighted by Gasteiger charge is -2.13. The van der Waals surface area contributed by atoms with Crippen molar-refractivity contribution in [2.45, 2.75) is 13.8 Å². The maximum atomic E-state index is 11.6. The molecule has 0 spiro atoms. The van der Waals surface area contributed by atoms with Gasteiger partial charge in [-0.15, -0.1) is 0 Å². The zero-order valence-corrected chi connectivity index (χ0v) is 10.3. The van der Waals surface area contributed by atoms with E-state index in [1.54, 1.807) is 19.9 Å². The normalized spacial score (nSPS) is 9.88. The van der Waals surface area contributed by atoms with Gasteiger partial charge in [-0.3, -0.25) is 0 Å². The first kappa shape index (κ1) is 13.0. The molecule has 0 radical (unpaired) electrons. The van der Waals surface area contributed by atoms with Gasteiger partial charge in [0.15, 0.2) is 0 Å². The molecule has 2 N–H and O–H groups in total. The lowest BCUT2D eigenvalue weighted by atomic mass is 9.97. The number of benzene rings is 1. The van der Waals surface area contributed by atoms with Crippen molar-refractivity contribution in [3.05, 3.63) is 28.3 Å². The fourth-order valence-corrected chi connectivity index (χ4v) is 1.53. The number of rotatable bonds is 2. The van der Waals surface area contributed by atoms with Gasteiger partial charge in [0.1, 0.15) is 0 Å². The molecule has 0 saturated heterocycles. The maximum absolute atomic E-state index is 11.6. The highest BCUT2D eigenvalue weighted by molar-refractivity contribution is 6.07. The number of anilines is 1. The second-order valence-electron chi connectivity index (χ2n) is 3.64. The molecule has 17 heavy (non-hydrogen) atoms. The van der Waals surface area contributed by atoms with Gasteiger partial charge in [0.05, 0.1) is 31.0 Å². The molecule has 0 aliphatic heterocycles. The largest absolute Gasteiger partial charge is 0.465 e. The van der Waals surface area contributed by atoms with Crippen molar-refractivity contribution >= 4 is 17.6 Å². The Balaban J connectivity index is 3.57. The molecular formula is C12H15NO4. The van der Waals surface area contributed by atoms with E-state index in [9.17, 15) is 9.59 Å². The predicted molar refractivity (Wildman–Crippen MR) is 63.0 cm³/mol. The first-order valence-electron chi connectivity index (χ1n) is 5.00. The molecule has 1 aromatic carbocycles. The summed E-state index contributed by atoms with van der Waals surface area (Å²) in [5.41, 5.74) is 7.84. The van der Waals surface area contributed by atoms with Gasteiger partial charge in [-0.1, -0.05) is 0 Å². The highest BCUT2D eigenvalue weighted by Gasteiger charge is 2.23. The molecule has 0 unspecified atom stereocenters. The van der Waals surface area contributed by atoms with Crippen LogP contribution in [0, 0.1) is 13.8 Å². The minimum absolute atomic E-state index is 0.0578. The van der Waals surface area contributed by atoms with E-state index in [-0.39, 0.29) is 16.8 Å². The van der Waals surface area contributed by atoms with Gasteiger partial charge in [-0.05, 0) is 31.0 Å². The SMILES string of the molecule is COC(=O)c1cc(C)c(C)c(N)c1C(=O)OC.